The molecular formula is C15H23NO3. The summed E-state index contributed by atoms with van der Waals surface area (Å²) in [5.41, 5.74) is 1.16. The molecule has 0 heterocycles. The summed E-state index contributed by atoms with van der Waals surface area (Å²) in [7, 11) is 1.65. The number of ether oxygens (including phenoxy) is 2. The zero-order chi connectivity index (χ0) is 14.3. The van der Waals surface area contributed by atoms with Gasteiger partial charge in [-0.15, -0.1) is 0 Å². The van der Waals surface area contributed by atoms with E-state index in [1.165, 1.54) is 0 Å². The average molecular weight is 265 g/mol. The monoisotopic (exact) mass is 265 g/mol. The van der Waals surface area contributed by atoms with Crippen LogP contribution >= 0.6 is 0 Å². The van der Waals surface area contributed by atoms with Gasteiger partial charge in [-0.05, 0) is 38.5 Å². The van der Waals surface area contributed by atoms with Crippen LogP contribution in [0.1, 0.15) is 38.8 Å². The predicted molar refractivity (Wildman–Crippen MR) is 75.3 cm³/mol. The molecule has 1 unspecified atom stereocenters. The smallest absolute Gasteiger partial charge is 0.307 e. The molecule has 0 bridgehead atoms. The van der Waals surface area contributed by atoms with Crippen molar-refractivity contribution in [2.45, 2.75) is 39.3 Å². The third kappa shape index (κ3) is 5.30. The van der Waals surface area contributed by atoms with Crippen LogP contribution in [0.15, 0.2) is 24.3 Å². The van der Waals surface area contributed by atoms with E-state index in [2.05, 4.69) is 12.2 Å². The molecule has 0 aromatic heterocycles. The van der Waals surface area contributed by atoms with Crippen molar-refractivity contribution in [1.82, 2.24) is 5.32 Å². The van der Waals surface area contributed by atoms with Gasteiger partial charge >= 0.3 is 5.97 Å². The van der Waals surface area contributed by atoms with E-state index in [-0.39, 0.29) is 18.1 Å². The first-order valence-corrected chi connectivity index (χ1v) is 6.62. The summed E-state index contributed by atoms with van der Waals surface area (Å²) >= 11 is 0. The molecule has 0 saturated heterocycles. The van der Waals surface area contributed by atoms with Gasteiger partial charge in [0.1, 0.15) is 5.75 Å². The third-order valence-corrected chi connectivity index (χ3v) is 2.93. The average Bonchev–Trinajstić information content (AvgIpc) is 2.38. The maximum atomic E-state index is 11.4. The molecule has 4 nitrogen and oxygen atoms in total. The normalized spacial score (nSPS) is 13.7. The van der Waals surface area contributed by atoms with Crippen LogP contribution in [-0.4, -0.2) is 25.7 Å². The number of hydrogen-bond donors (Lipinski definition) is 1. The molecule has 0 aliphatic heterocycles. The second-order valence-corrected chi connectivity index (χ2v) is 4.57. The Kier molecular flexibility index (Phi) is 6.36. The molecule has 19 heavy (non-hydrogen) atoms. The number of hydrogen-bond acceptors (Lipinski definition) is 4. The number of methoxy groups -OCH3 is 1. The van der Waals surface area contributed by atoms with E-state index in [1.807, 2.05) is 38.1 Å². The molecule has 1 N–H and O–H groups in total. The highest BCUT2D eigenvalue weighted by atomic mass is 16.5. The predicted octanol–water partition coefficient (Wildman–Crippen LogP) is 2.69. The molecular weight excluding hydrogens is 242 g/mol. The summed E-state index contributed by atoms with van der Waals surface area (Å²) in [6.07, 6.45) is 0.383. The zero-order valence-electron chi connectivity index (χ0n) is 12.1. The van der Waals surface area contributed by atoms with Crippen LogP contribution < -0.4 is 10.1 Å². The van der Waals surface area contributed by atoms with E-state index in [1.54, 1.807) is 7.11 Å². The molecule has 0 fully saturated rings. The largest absolute Gasteiger partial charge is 0.497 e. The molecule has 0 spiro atoms. The van der Waals surface area contributed by atoms with Crippen molar-refractivity contribution < 1.29 is 14.3 Å². The Bertz CT molecular complexity index is 389. The van der Waals surface area contributed by atoms with Crippen LogP contribution in [0.25, 0.3) is 0 Å². The summed E-state index contributed by atoms with van der Waals surface area (Å²) in [5.74, 6) is 0.681. The van der Waals surface area contributed by atoms with E-state index < -0.39 is 0 Å². The van der Waals surface area contributed by atoms with Crippen molar-refractivity contribution in [3.05, 3.63) is 29.8 Å². The molecule has 1 aromatic rings. The lowest BCUT2D eigenvalue weighted by molar-refractivity contribution is -0.143. The van der Waals surface area contributed by atoms with Gasteiger partial charge in [0, 0.05) is 12.1 Å². The molecule has 1 aromatic carbocycles. The summed E-state index contributed by atoms with van der Waals surface area (Å²) < 4.78 is 10.1. The van der Waals surface area contributed by atoms with Crippen LogP contribution in [0, 0.1) is 0 Å². The van der Waals surface area contributed by atoms with Gasteiger partial charge in [0.15, 0.2) is 0 Å². The highest BCUT2D eigenvalue weighted by Gasteiger charge is 2.13. The van der Waals surface area contributed by atoms with Crippen molar-refractivity contribution >= 4 is 5.97 Å². The van der Waals surface area contributed by atoms with E-state index >= 15 is 0 Å². The minimum Gasteiger partial charge on any atom is -0.497 e. The minimum atomic E-state index is -0.163. The Morgan fingerprint density at radius 3 is 2.42 bits per heavy atom. The van der Waals surface area contributed by atoms with Gasteiger partial charge in [-0.25, -0.2) is 0 Å². The van der Waals surface area contributed by atoms with Crippen molar-refractivity contribution in [3.8, 4) is 5.75 Å². The molecule has 0 saturated carbocycles. The van der Waals surface area contributed by atoms with Gasteiger partial charge in [-0.1, -0.05) is 12.1 Å². The van der Waals surface area contributed by atoms with Crippen LogP contribution in [-0.2, 0) is 9.53 Å². The lowest BCUT2D eigenvalue weighted by Gasteiger charge is -2.20. The SMILES string of the molecule is CCOC(=O)CC(C)N[C@@H](C)c1ccc(OC)cc1. The van der Waals surface area contributed by atoms with Gasteiger partial charge in [0.2, 0.25) is 0 Å². The molecule has 106 valence electrons. The molecule has 0 aliphatic carbocycles. The second-order valence-electron chi connectivity index (χ2n) is 4.57. The van der Waals surface area contributed by atoms with Gasteiger partial charge in [0.25, 0.3) is 0 Å². The Balaban J connectivity index is 2.48. The fourth-order valence-electron chi connectivity index (χ4n) is 1.94. The summed E-state index contributed by atoms with van der Waals surface area (Å²) in [6, 6.07) is 8.17. The van der Waals surface area contributed by atoms with Crippen molar-refractivity contribution in [2.75, 3.05) is 13.7 Å². The van der Waals surface area contributed by atoms with Crippen LogP contribution in [0.2, 0.25) is 0 Å². The molecule has 2 atom stereocenters. The minimum absolute atomic E-state index is 0.0798. The fourth-order valence-corrected chi connectivity index (χ4v) is 1.94. The Morgan fingerprint density at radius 2 is 1.89 bits per heavy atom. The first kappa shape index (κ1) is 15.5. The van der Waals surface area contributed by atoms with Crippen LogP contribution in [0.5, 0.6) is 5.75 Å². The standard InChI is InChI=1S/C15H23NO3/c1-5-19-15(17)10-11(2)16-12(3)13-6-8-14(18-4)9-7-13/h6-9,11-12,16H,5,10H2,1-4H3/t11?,12-/m0/s1. The second kappa shape index (κ2) is 7.79. The number of benzene rings is 1. The fraction of sp³-hybridized carbons (Fsp3) is 0.533. The van der Waals surface area contributed by atoms with E-state index in [4.69, 9.17) is 9.47 Å². The Morgan fingerprint density at radius 1 is 1.26 bits per heavy atom. The van der Waals surface area contributed by atoms with Crippen molar-refractivity contribution in [1.29, 1.82) is 0 Å². The van der Waals surface area contributed by atoms with Gasteiger partial charge in [-0.3, -0.25) is 4.79 Å². The van der Waals surface area contributed by atoms with Crippen LogP contribution in [0.3, 0.4) is 0 Å². The van der Waals surface area contributed by atoms with Crippen molar-refractivity contribution in [3.63, 3.8) is 0 Å². The number of esters is 1. The number of rotatable bonds is 7. The lowest BCUT2D eigenvalue weighted by Crippen LogP contribution is -2.31. The molecule has 1 rings (SSSR count). The Labute approximate surface area is 115 Å². The Hall–Kier alpha value is -1.55. The first-order valence-electron chi connectivity index (χ1n) is 6.62. The van der Waals surface area contributed by atoms with Gasteiger partial charge in [-0.2, -0.15) is 0 Å². The maximum absolute atomic E-state index is 11.4. The van der Waals surface area contributed by atoms with E-state index in [0.717, 1.165) is 11.3 Å². The molecule has 0 aliphatic rings. The van der Waals surface area contributed by atoms with E-state index in [9.17, 15) is 4.79 Å². The maximum Gasteiger partial charge on any atom is 0.307 e. The highest BCUT2D eigenvalue weighted by Crippen LogP contribution is 2.18. The zero-order valence-corrected chi connectivity index (χ0v) is 12.1. The lowest BCUT2D eigenvalue weighted by atomic mass is 10.1. The number of carbonyl (C=O) groups excluding carboxylic acids is 1. The highest BCUT2D eigenvalue weighted by molar-refractivity contribution is 5.70. The van der Waals surface area contributed by atoms with Gasteiger partial charge in [0.05, 0.1) is 20.1 Å². The topological polar surface area (TPSA) is 47.6 Å². The molecule has 4 heteroatoms. The summed E-state index contributed by atoms with van der Waals surface area (Å²) in [4.78, 5) is 11.4. The van der Waals surface area contributed by atoms with E-state index in [0.29, 0.717) is 13.0 Å². The number of carbonyl (C=O) groups is 1. The van der Waals surface area contributed by atoms with Crippen molar-refractivity contribution in [2.24, 2.45) is 0 Å². The summed E-state index contributed by atoms with van der Waals surface area (Å²) in [5, 5.41) is 3.38. The third-order valence-electron chi connectivity index (χ3n) is 2.93. The quantitative estimate of drug-likeness (QED) is 0.770. The number of nitrogens with one attached hydrogen (secondary N) is 1. The first-order chi connectivity index (χ1) is 9.06. The van der Waals surface area contributed by atoms with Crippen LogP contribution in [0.4, 0.5) is 0 Å². The van der Waals surface area contributed by atoms with Gasteiger partial charge < -0.3 is 14.8 Å². The summed E-state index contributed by atoms with van der Waals surface area (Å²) in [6.45, 7) is 6.30. The molecule has 0 amide bonds. The molecule has 0 radical (unpaired) electrons.